The van der Waals surface area contributed by atoms with Gasteiger partial charge in [-0.25, -0.2) is 0 Å². The molecule has 0 saturated heterocycles. The number of carboxylic acid groups (broad SMARTS) is 1. The Bertz CT molecular complexity index is 260. The standard InChI is InChI=1S/C18H36O2.C3H8O2.Ca/c1-2-3-4-5-6-7-8-9-10-11-12-13-14-15-16-17-18(19)20;1-3(5)2-4;/h2-17H2,1H3,(H,19,20);3-5H,2H2,1H3;/q;;+1/p-1. The van der Waals surface area contributed by atoms with Crippen LogP contribution in [-0.4, -0.2) is 66.6 Å². The number of hydrogen-bond acceptors (Lipinski definition) is 4. The maximum Gasteiger partial charge on any atom is 1.00 e. The van der Waals surface area contributed by atoms with Crippen LogP contribution in [0.5, 0.6) is 0 Å². The molecule has 1 radical (unpaired) electrons. The molecular formula is C21H43CaO4. The van der Waals surface area contributed by atoms with Gasteiger partial charge < -0.3 is 20.1 Å². The van der Waals surface area contributed by atoms with Crippen LogP contribution in [0, 0.1) is 0 Å². The molecule has 0 aliphatic carbocycles. The van der Waals surface area contributed by atoms with Crippen molar-refractivity contribution in [3.63, 3.8) is 0 Å². The Labute approximate surface area is 192 Å². The van der Waals surface area contributed by atoms with E-state index >= 15 is 0 Å². The molecule has 1 unspecified atom stereocenters. The van der Waals surface area contributed by atoms with Crippen LogP contribution in [0.4, 0.5) is 0 Å². The minimum atomic E-state index is -0.903. The van der Waals surface area contributed by atoms with Crippen molar-refractivity contribution < 1.29 is 20.1 Å². The van der Waals surface area contributed by atoms with E-state index in [0.717, 1.165) is 12.8 Å². The fraction of sp³-hybridized carbons (Fsp3) is 0.952. The summed E-state index contributed by atoms with van der Waals surface area (Å²) in [5, 5.41) is 26.2. The third-order valence-electron chi connectivity index (χ3n) is 4.25. The fourth-order valence-electron chi connectivity index (χ4n) is 2.64. The first-order valence-electron chi connectivity index (χ1n) is 10.5. The largest absolute Gasteiger partial charge is 1.00 e. The Morgan fingerprint density at radius 3 is 1.27 bits per heavy atom. The summed E-state index contributed by atoms with van der Waals surface area (Å²) in [5.74, 6) is -0.903. The predicted octanol–water partition coefficient (Wildman–Crippen LogP) is 3.98. The van der Waals surface area contributed by atoms with Gasteiger partial charge in [-0.15, -0.1) is 0 Å². The van der Waals surface area contributed by atoms with E-state index in [1.807, 2.05) is 0 Å². The minimum Gasteiger partial charge on any atom is -0.550 e. The van der Waals surface area contributed by atoms with Gasteiger partial charge in [-0.2, -0.15) is 0 Å². The van der Waals surface area contributed by atoms with Crippen LogP contribution in [0.1, 0.15) is 117 Å². The molecule has 0 rings (SSSR count). The first kappa shape index (κ1) is 31.3. The normalized spacial score (nSPS) is 11.2. The van der Waals surface area contributed by atoms with E-state index < -0.39 is 12.1 Å². The molecule has 26 heavy (non-hydrogen) atoms. The molecule has 2 N–H and O–H groups in total. The van der Waals surface area contributed by atoms with Crippen molar-refractivity contribution >= 4 is 43.7 Å². The topological polar surface area (TPSA) is 80.6 Å². The van der Waals surface area contributed by atoms with Crippen molar-refractivity contribution in [1.82, 2.24) is 0 Å². The predicted molar refractivity (Wildman–Crippen MR) is 109 cm³/mol. The second kappa shape index (κ2) is 27.9. The number of carbonyl (C=O) groups excluding carboxylic acids is 1. The summed E-state index contributed by atoms with van der Waals surface area (Å²) in [6.45, 7) is 3.66. The van der Waals surface area contributed by atoms with Crippen molar-refractivity contribution in [3.05, 3.63) is 0 Å². The molecule has 5 heteroatoms. The zero-order chi connectivity index (χ0) is 19.2. The van der Waals surface area contributed by atoms with E-state index in [9.17, 15) is 9.90 Å². The van der Waals surface area contributed by atoms with Gasteiger partial charge in [0, 0.05) is 5.97 Å². The quantitative estimate of drug-likeness (QED) is 0.286. The monoisotopic (exact) mass is 399 g/mol. The number of rotatable bonds is 17. The van der Waals surface area contributed by atoms with Crippen molar-refractivity contribution in [2.45, 2.75) is 123 Å². The van der Waals surface area contributed by atoms with Gasteiger partial charge in [0.25, 0.3) is 0 Å². The summed E-state index contributed by atoms with van der Waals surface area (Å²) in [5.41, 5.74) is 0. The Balaban J connectivity index is -0.000000772. The molecule has 0 spiro atoms. The molecule has 0 aliphatic rings. The van der Waals surface area contributed by atoms with E-state index in [2.05, 4.69) is 6.92 Å². The molecule has 0 aromatic rings. The number of unbranched alkanes of at least 4 members (excludes halogenated alkanes) is 14. The van der Waals surface area contributed by atoms with E-state index in [0.29, 0.717) is 0 Å². The molecular weight excluding hydrogens is 356 g/mol. The van der Waals surface area contributed by atoms with Gasteiger partial charge >= 0.3 is 37.7 Å². The Kier molecular flexibility index (Phi) is 33.6. The van der Waals surface area contributed by atoms with Crippen LogP contribution >= 0.6 is 0 Å². The van der Waals surface area contributed by atoms with Crippen molar-refractivity contribution in [1.29, 1.82) is 0 Å². The van der Waals surface area contributed by atoms with E-state index in [-0.39, 0.29) is 50.8 Å². The van der Waals surface area contributed by atoms with Gasteiger partial charge in [-0.05, 0) is 19.8 Å². The minimum absolute atomic E-state index is 0. The number of aliphatic hydroxyl groups excluding tert-OH is 2. The molecule has 0 fully saturated rings. The van der Waals surface area contributed by atoms with Crippen LogP contribution in [0.25, 0.3) is 0 Å². The number of aliphatic hydroxyl groups is 2. The molecule has 153 valence electrons. The Morgan fingerprint density at radius 1 is 0.769 bits per heavy atom. The first-order chi connectivity index (χ1) is 12.0. The van der Waals surface area contributed by atoms with E-state index in [1.54, 1.807) is 0 Å². The van der Waals surface area contributed by atoms with Crippen LogP contribution in [0.2, 0.25) is 0 Å². The number of carboxylic acids is 1. The summed E-state index contributed by atoms with van der Waals surface area (Å²) in [6.07, 6.45) is 19.3. The van der Waals surface area contributed by atoms with Gasteiger partial charge in [0.2, 0.25) is 0 Å². The van der Waals surface area contributed by atoms with Crippen LogP contribution in [-0.2, 0) is 4.79 Å². The zero-order valence-corrected chi connectivity index (χ0v) is 19.7. The van der Waals surface area contributed by atoms with Crippen LogP contribution in [0.3, 0.4) is 0 Å². The van der Waals surface area contributed by atoms with Gasteiger partial charge in [0.05, 0.1) is 12.7 Å². The second-order valence-corrected chi connectivity index (χ2v) is 7.10. The molecule has 1 atom stereocenters. The molecule has 0 amide bonds. The summed E-state index contributed by atoms with van der Waals surface area (Å²) in [6, 6.07) is 0. The van der Waals surface area contributed by atoms with Gasteiger partial charge in [0.15, 0.2) is 0 Å². The number of carbonyl (C=O) groups is 1. The van der Waals surface area contributed by atoms with Gasteiger partial charge in [-0.3, -0.25) is 0 Å². The third-order valence-corrected chi connectivity index (χ3v) is 4.25. The SMILES string of the molecule is CC(O)CO.CCCCCCCCCCCCCCCCCC(=O)[O-].[Ca+]. The molecule has 0 aromatic heterocycles. The Hall–Kier alpha value is 0.650. The van der Waals surface area contributed by atoms with Crippen LogP contribution in [0.15, 0.2) is 0 Å². The van der Waals surface area contributed by atoms with Gasteiger partial charge in [0.1, 0.15) is 0 Å². The second-order valence-electron chi connectivity index (χ2n) is 7.10. The van der Waals surface area contributed by atoms with Crippen molar-refractivity contribution in [3.8, 4) is 0 Å². The summed E-state index contributed by atoms with van der Waals surface area (Å²) >= 11 is 0. The summed E-state index contributed by atoms with van der Waals surface area (Å²) < 4.78 is 0. The third kappa shape index (κ3) is 35.7. The van der Waals surface area contributed by atoms with Crippen molar-refractivity contribution in [2.24, 2.45) is 0 Å². The number of hydrogen-bond donors (Lipinski definition) is 2. The van der Waals surface area contributed by atoms with Crippen LogP contribution < -0.4 is 5.11 Å². The smallest absolute Gasteiger partial charge is 0.550 e. The molecule has 4 nitrogen and oxygen atoms in total. The zero-order valence-electron chi connectivity index (χ0n) is 17.5. The summed E-state index contributed by atoms with van der Waals surface area (Å²) in [4.78, 5) is 10.2. The summed E-state index contributed by atoms with van der Waals surface area (Å²) in [7, 11) is 0. The molecule has 0 aromatic carbocycles. The molecule has 0 heterocycles. The van der Waals surface area contributed by atoms with Gasteiger partial charge in [-0.1, -0.05) is 96.8 Å². The average molecular weight is 400 g/mol. The first-order valence-corrected chi connectivity index (χ1v) is 10.5. The van der Waals surface area contributed by atoms with E-state index in [1.165, 1.54) is 90.4 Å². The maximum absolute atomic E-state index is 10.2. The number of aliphatic carboxylic acids is 1. The molecule has 0 bridgehead atoms. The van der Waals surface area contributed by atoms with Crippen molar-refractivity contribution in [2.75, 3.05) is 6.61 Å². The Morgan fingerprint density at radius 2 is 1.04 bits per heavy atom. The van der Waals surface area contributed by atoms with E-state index in [4.69, 9.17) is 10.2 Å². The molecule has 0 saturated carbocycles. The maximum atomic E-state index is 10.2. The fourth-order valence-corrected chi connectivity index (χ4v) is 2.64. The molecule has 0 aliphatic heterocycles. The average Bonchev–Trinajstić information content (AvgIpc) is 2.58.